The maximum Gasteiger partial charge on any atom is 0.269 e. The Bertz CT molecular complexity index is 614. The van der Waals surface area contributed by atoms with Crippen LogP contribution in [0.3, 0.4) is 0 Å². The lowest BCUT2D eigenvalue weighted by molar-refractivity contribution is -0.114. The minimum atomic E-state index is -3.83. The quantitative estimate of drug-likeness (QED) is 0.755. The van der Waals surface area contributed by atoms with Crippen LogP contribution in [0.5, 0.6) is 0 Å². The molecule has 1 rings (SSSR count). The van der Waals surface area contributed by atoms with E-state index in [2.05, 4.69) is 20.2 Å². The Morgan fingerprint density at radius 1 is 1.47 bits per heavy atom. The van der Waals surface area contributed by atoms with Gasteiger partial charge in [0.2, 0.25) is 15.4 Å². The van der Waals surface area contributed by atoms with E-state index in [1.165, 1.54) is 6.92 Å². The Morgan fingerprint density at radius 3 is 2.63 bits per heavy atom. The first kappa shape index (κ1) is 15.5. The van der Waals surface area contributed by atoms with Crippen molar-refractivity contribution in [3.63, 3.8) is 0 Å². The van der Waals surface area contributed by atoms with E-state index in [-0.39, 0.29) is 21.9 Å². The van der Waals surface area contributed by atoms with Crippen LogP contribution < -0.4 is 10.0 Å². The Morgan fingerprint density at radius 2 is 2.11 bits per heavy atom. The zero-order chi connectivity index (χ0) is 14.7. The molecule has 1 amide bonds. The summed E-state index contributed by atoms with van der Waals surface area (Å²) in [6.45, 7) is 4.46. The average molecular weight is 303 g/mol. The van der Waals surface area contributed by atoms with Gasteiger partial charge in [-0.05, 0) is 13.8 Å². The molecule has 0 saturated heterocycles. The zero-order valence-electron chi connectivity index (χ0n) is 10.6. The van der Waals surface area contributed by atoms with Crippen molar-refractivity contribution in [1.82, 2.24) is 14.9 Å². The van der Waals surface area contributed by atoms with Gasteiger partial charge in [-0.15, -0.1) is 10.2 Å². The summed E-state index contributed by atoms with van der Waals surface area (Å²) in [6, 6.07) is 1.98. The molecule has 0 aliphatic carbocycles. The number of anilines is 1. The highest BCUT2D eigenvalue weighted by Crippen LogP contribution is 2.20. The summed E-state index contributed by atoms with van der Waals surface area (Å²) in [5, 5.41) is 18.3. The fourth-order valence-corrected chi connectivity index (χ4v) is 3.09. The first-order valence-electron chi connectivity index (χ1n) is 5.18. The summed E-state index contributed by atoms with van der Waals surface area (Å²) in [5.41, 5.74) is -0.821. The maximum absolute atomic E-state index is 11.9. The van der Waals surface area contributed by atoms with E-state index in [0.717, 1.165) is 11.3 Å². The third kappa shape index (κ3) is 4.55. The van der Waals surface area contributed by atoms with Gasteiger partial charge in [0.1, 0.15) is 0 Å². The van der Waals surface area contributed by atoms with Gasteiger partial charge in [-0.1, -0.05) is 11.3 Å². The molecule has 0 saturated carbocycles. The van der Waals surface area contributed by atoms with Crippen molar-refractivity contribution >= 4 is 32.4 Å². The largest absolute Gasteiger partial charge is 0.301 e. The monoisotopic (exact) mass is 303 g/mol. The number of rotatable bonds is 5. The first-order chi connectivity index (χ1) is 8.66. The number of amides is 1. The SMILES string of the molecule is CC(=O)Nc1nnc(S(=O)(=O)NCC(C)(C)C#N)s1. The Labute approximate surface area is 114 Å². The second-order valence-electron chi connectivity index (χ2n) is 4.37. The van der Waals surface area contributed by atoms with Crippen LogP contribution in [0.4, 0.5) is 5.13 Å². The lowest BCUT2D eigenvalue weighted by Gasteiger charge is -2.14. The average Bonchev–Trinajstić information content (AvgIpc) is 2.75. The van der Waals surface area contributed by atoms with E-state index < -0.39 is 15.4 Å². The summed E-state index contributed by atoms with van der Waals surface area (Å²) < 4.78 is 25.8. The number of aromatic nitrogens is 2. The van der Waals surface area contributed by atoms with E-state index in [9.17, 15) is 13.2 Å². The second-order valence-corrected chi connectivity index (χ2v) is 7.29. The molecule has 0 radical (unpaired) electrons. The molecule has 1 aromatic heterocycles. The highest BCUT2D eigenvalue weighted by molar-refractivity contribution is 7.91. The van der Waals surface area contributed by atoms with Crippen LogP contribution in [0.25, 0.3) is 0 Å². The molecule has 1 aromatic rings. The molecule has 1 heterocycles. The number of hydrogen-bond donors (Lipinski definition) is 2. The van der Waals surface area contributed by atoms with E-state index in [0.29, 0.717) is 0 Å². The topological polar surface area (TPSA) is 125 Å². The number of hydrogen-bond acceptors (Lipinski definition) is 7. The second kappa shape index (κ2) is 5.60. The van der Waals surface area contributed by atoms with E-state index in [1.54, 1.807) is 13.8 Å². The highest BCUT2D eigenvalue weighted by atomic mass is 32.2. The number of nitrogens with one attached hydrogen (secondary N) is 2. The third-order valence-corrected chi connectivity index (χ3v) is 4.53. The minimum absolute atomic E-state index is 0.0408. The van der Waals surface area contributed by atoms with Gasteiger partial charge in [0, 0.05) is 13.5 Å². The number of nitrogens with zero attached hydrogens (tertiary/aromatic N) is 3. The minimum Gasteiger partial charge on any atom is -0.301 e. The van der Waals surface area contributed by atoms with Crippen molar-refractivity contribution in [2.75, 3.05) is 11.9 Å². The van der Waals surface area contributed by atoms with Crippen molar-refractivity contribution in [2.45, 2.75) is 25.1 Å². The molecule has 104 valence electrons. The Balaban J connectivity index is 2.81. The van der Waals surface area contributed by atoms with Gasteiger partial charge < -0.3 is 5.32 Å². The molecule has 0 atom stereocenters. The van der Waals surface area contributed by atoms with Gasteiger partial charge in [0.05, 0.1) is 11.5 Å². The number of carbonyl (C=O) groups excluding carboxylic acids is 1. The van der Waals surface area contributed by atoms with Crippen molar-refractivity contribution in [1.29, 1.82) is 5.26 Å². The highest BCUT2D eigenvalue weighted by Gasteiger charge is 2.25. The van der Waals surface area contributed by atoms with Crippen LogP contribution in [0.2, 0.25) is 0 Å². The van der Waals surface area contributed by atoms with Crippen molar-refractivity contribution in [2.24, 2.45) is 5.41 Å². The van der Waals surface area contributed by atoms with Gasteiger partial charge in [-0.25, -0.2) is 13.1 Å². The predicted octanol–water partition coefficient (Wildman–Crippen LogP) is 0.325. The van der Waals surface area contributed by atoms with Crippen molar-refractivity contribution in [3.05, 3.63) is 0 Å². The van der Waals surface area contributed by atoms with Crippen molar-refractivity contribution in [3.8, 4) is 6.07 Å². The van der Waals surface area contributed by atoms with Gasteiger partial charge in [0.15, 0.2) is 0 Å². The molecule has 0 aliphatic heterocycles. The molecule has 19 heavy (non-hydrogen) atoms. The molecular formula is C9H13N5O3S2. The molecule has 2 N–H and O–H groups in total. The van der Waals surface area contributed by atoms with Crippen LogP contribution >= 0.6 is 11.3 Å². The summed E-state index contributed by atoms with van der Waals surface area (Å²) >= 11 is 0.739. The van der Waals surface area contributed by atoms with Gasteiger partial charge in [-0.3, -0.25) is 4.79 Å². The summed E-state index contributed by atoms with van der Waals surface area (Å²) in [7, 11) is -3.83. The molecule has 0 bridgehead atoms. The molecule has 10 heteroatoms. The number of sulfonamides is 1. The fraction of sp³-hybridized carbons (Fsp3) is 0.556. The molecule has 0 fully saturated rings. The summed E-state index contributed by atoms with van der Waals surface area (Å²) in [5.74, 6) is -0.362. The third-order valence-electron chi connectivity index (χ3n) is 1.93. The van der Waals surface area contributed by atoms with Crippen LogP contribution in [0, 0.1) is 16.7 Å². The zero-order valence-corrected chi connectivity index (χ0v) is 12.2. The lowest BCUT2D eigenvalue weighted by atomic mass is 9.97. The Hall–Kier alpha value is -1.57. The maximum atomic E-state index is 11.9. The molecule has 0 spiro atoms. The normalized spacial score (nSPS) is 11.9. The van der Waals surface area contributed by atoms with Crippen LogP contribution in [0.1, 0.15) is 20.8 Å². The number of carbonyl (C=O) groups is 1. The molecule has 0 unspecified atom stereocenters. The first-order valence-corrected chi connectivity index (χ1v) is 7.48. The Kier molecular flexibility index (Phi) is 4.56. The van der Waals surface area contributed by atoms with E-state index in [4.69, 9.17) is 5.26 Å². The molecular weight excluding hydrogens is 290 g/mol. The van der Waals surface area contributed by atoms with Crippen LogP contribution in [0.15, 0.2) is 4.34 Å². The van der Waals surface area contributed by atoms with Crippen LogP contribution in [-0.2, 0) is 14.8 Å². The van der Waals surface area contributed by atoms with Gasteiger partial charge in [-0.2, -0.15) is 5.26 Å². The molecule has 0 aromatic carbocycles. The number of nitriles is 1. The fourth-order valence-electron chi connectivity index (χ4n) is 0.896. The summed E-state index contributed by atoms with van der Waals surface area (Å²) in [4.78, 5) is 10.8. The van der Waals surface area contributed by atoms with Crippen LogP contribution in [-0.4, -0.2) is 31.1 Å². The van der Waals surface area contributed by atoms with E-state index >= 15 is 0 Å². The van der Waals surface area contributed by atoms with Crippen molar-refractivity contribution < 1.29 is 13.2 Å². The molecule has 8 nitrogen and oxygen atoms in total. The molecule has 0 aliphatic rings. The predicted molar refractivity (Wildman–Crippen MR) is 68.8 cm³/mol. The van der Waals surface area contributed by atoms with E-state index in [1.807, 2.05) is 6.07 Å². The standard InChI is InChI=1S/C9H13N5O3S2/c1-6(15)12-7-13-14-8(18-7)19(16,17)11-5-9(2,3)4-10/h11H,5H2,1-3H3,(H,12,13,15). The summed E-state index contributed by atoms with van der Waals surface area (Å²) in [6.07, 6.45) is 0. The lowest BCUT2D eigenvalue weighted by Crippen LogP contribution is -2.33. The van der Waals surface area contributed by atoms with Gasteiger partial charge >= 0.3 is 0 Å². The smallest absolute Gasteiger partial charge is 0.269 e. The van der Waals surface area contributed by atoms with Gasteiger partial charge in [0.25, 0.3) is 10.0 Å².